The Kier molecular flexibility index (Phi) is 6.16. The Labute approximate surface area is 105 Å². The Bertz CT molecular complexity index is 328. The van der Waals surface area contributed by atoms with E-state index >= 15 is 0 Å². The van der Waals surface area contributed by atoms with Crippen molar-refractivity contribution in [3.63, 3.8) is 0 Å². The minimum absolute atomic E-state index is 0.316. The highest BCUT2D eigenvalue weighted by Crippen LogP contribution is 2.25. The summed E-state index contributed by atoms with van der Waals surface area (Å²) in [5, 5.41) is 3.53. The molecule has 0 amide bonds. The summed E-state index contributed by atoms with van der Waals surface area (Å²) in [6.45, 7) is 8.26. The average Bonchev–Trinajstić information content (AvgIpc) is 2.34. The van der Waals surface area contributed by atoms with Crippen LogP contribution in [0.4, 0.5) is 0 Å². The van der Waals surface area contributed by atoms with E-state index in [0.717, 1.165) is 25.3 Å². The van der Waals surface area contributed by atoms with Crippen molar-refractivity contribution in [1.82, 2.24) is 10.3 Å². The van der Waals surface area contributed by atoms with Crippen LogP contribution in [0.3, 0.4) is 0 Å². The van der Waals surface area contributed by atoms with Crippen molar-refractivity contribution in [3.05, 3.63) is 29.6 Å². The molecule has 0 aliphatic rings. The number of hydrogen-bond donors (Lipinski definition) is 1. The van der Waals surface area contributed by atoms with Gasteiger partial charge < -0.3 is 10.1 Å². The summed E-state index contributed by atoms with van der Waals surface area (Å²) in [7, 11) is 1.75. The van der Waals surface area contributed by atoms with E-state index in [-0.39, 0.29) is 0 Å². The molecule has 1 heterocycles. The maximum atomic E-state index is 5.16. The van der Waals surface area contributed by atoms with Crippen LogP contribution in [-0.4, -0.2) is 25.2 Å². The van der Waals surface area contributed by atoms with Gasteiger partial charge in [-0.2, -0.15) is 0 Å². The van der Waals surface area contributed by atoms with E-state index in [2.05, 4.69) is 37.1 Å². The van der Waals surface area contributed by atoms with Crippen LogP contribution in [0.25, 0.3) is 0 Å². The Hall–Kier alpha value is -0.930. The third-order valence-electron chi connectivity index (χ3n) is 3.11. The van der Waals surface area contributed by atoms with Gasteiger partial charge in [0.15, 0.2) is 0 Å². The number of pyridine rings is 1. The molecule has 2 unspecified atom stereocenters. The van der Waals surface area contributed by atoms with Gasteiger partial charge in [-0.1, -0.05) is 19.9 Å². The molecule has 0 saturated heterocycles. The SMILES string of the molecule is CCNC(c1ncccc1C)C(C)CCOC. The van der Waals surface area contributed by atoms with Gasteiger partial charge in [-0.25, -0.2) is 0 Å². The second kappa shape index (κ2) is 7.41. The largest absolute Gasteiger partial charge is 0.385 e. The Morgan fingerprint density at radius 2 is 2.24 bits per heavy atom. The molecule has 0 fully saturated rings. The van der Waals surface area contributed by atoms with Crippen molar-refractivity contribution in [1.29, 1.82) is 0 Å². The normalized spacial score (nSPS) is 14.6. The molecule has 0 saturated carbocycles. The summed E-state index contributed by atoms with van der Waals surface area (Å²) >= 11 is 0. The van der Waals surface area contributed by atoms with Gasteiger partial charge in [0.05, 0.1) is 11.7 Å². The summed E-state index contributed by atoms with van der Waals surface area (Å²) in [6.07, 6.45) is 2.92. The van der Waals surface area contributed by atoms with Crippen LogP contribution in [0, 0.1) is 12.8 Å². The van der Waals surface area contributed by atoms with Crippen LogP contribution in [0.2, 0.25) is 0 Å². The summed E-state index contributed by atoms with van der Waals surface area (Å²) in [5.74, 6) is 0.517. The van der Waals surface area contributed by atoms with Crippen LogP contribution < -0.4 is 5.32 Å². The zero-order valence-corrected chi connectivity index (χ0v) is 11.4. The van der Waals surface area contributed by atoms with Crippen LogP contribution >= 0.6 is 0 Å². The van der Waals surface area contributed by atoms with Gasteiger partial charge in [0.2, 0.25) is 0 Å². The fourth-order valence-corrected chi connectivity index (χ4v) is 2.08. The van der Waals surface area contributed by atoms with Gasteiger partial charge in [0, 0.05) is 19.9 Å². The molecule has 0 aliphatic carbocycles. The van der Waals surface area contributed by atoms with Gasteiger partial charge in [-0.15, -0.1) is 0 Å². The van der Waals surface area contributed by atoms with Gasteiger partial charge in [-0.05, 0) is 37.4 Å². The molecule has 1 aromatic rings. The monoisotopic (exact) mass is 236 g/mol. The fourth-order valence-electron chi connectivity index (χ4n) is 2.08. The molecule has 1 N–H and O–H groups in total. The first-order valence-corrected chi connectivity index (χ1v) is 6.34. The van der Waals surface area contributed by atoms with Gasteiger partial charge in [-0.3, -0.25) is 4.98 Å². The van der Waals surface area contributed by atoms with Gasteiger partial charge >= 0.3 is 0 Å². The lowest BCUT2D eigenvalue weighted by molar-refractivity contribution is 0.170. The summed E-state index contributed by atoms with van der Waals surface area (Å²) in [4.78, 5) is 4.52. The number of aromatic nitrogens is 1. The van der Waals surface area contributed by atoms with E-state index in [0.29, 0.717) is 12.0 Å². The van der Waals surface area contributed by atoms with E-state index in [1.165, 1.54) is 5.56 Å². The van der Waals surface area contributed by atoms with Crippen LogP contribution in [0.15, 0.2) is 18.3 Å². The number of nitrogens with one attached hydrogen (secondary N) is 1. The predicted molar refractivity (Wildman–Crippen MR) is 71.0 cm³/mol. The second-order valence-corrected chi connectivity index (χ2v) is 4.50. The molecule has 1 aromatic heterocycles. The molecular weight excluding hydrogens is 212 g/mol. The predicted octanol–water partition coefficient (Wildman–Crippen LogP) is 2.71. The Morgan fingerprint density at radius 1 is 1.47 bits per heavy atom. The lowest BCUT2D eigenvalue weighted by Gasteiger charge is -2.25. The van der Waals surface area contributed by atoms with E-state index in [4.69, 9.17) is 4.74 Å². The van der Waals surface area contributed by atoms with Gasteiger partial charge in [0.1, 0.15) is 0 Å². The number of hydrogen-bond acceptors (Lipinski definition) is 3. The lowest BCUT2D eigenvalue weighted by Crippen LogP contribution is -2.29. The number of rotatable bonds is 7. The highest BCUT2D eigenvalue weighted by atomic mass is 16.5. The molecule has 96 valence electrons. The van der Waals surface area contributed by atoms with Crippen LogP contribution in [-0.2, 0) is 4.74 Å². The zero-order valence-electron chi connectivity index (χ0n) is 11.4. The van der Waals surface area contributed by atoms with Crippen LogP contribution in [0.5, 0.6) is 0 Å². The average molecular weight is 236 g/mol. The number of nitrogens with zero attached hydrogens (tertiary/aromatic N) is 1. The molecule has 0 bridgehead atoms. The Morgan fingerprint density at radius 3 is 2.82 bits per heavy atom. The first-order valence-electron chi connectivity index (χ1n) is 6.34. The second-order valence-electron chi connectivity index (χ2n) is 4.50. The smallest absolute Gasteiger partial charge is 0.0604 e. The van der Waals surface area contributed by atoms with Crippen molar-refractivity contribution in [3.8, 4) is 0 Å². The molecule has 2 atom stereocenters. The molecule has 3 heteroatoms. The zero-order chi connectivity index (χ0) is 12.7. The first kappa shape index (κ1) is 14.1. The van der Waals surface area contributed by atoms with Crippen molar-refractivity contribution in [2.75, 3.05) is 20.3 Å². The number of ether oxygens (including phenoxy) is 1. The highest BCUT2D eigenvalue weighted by molar-refractivity contribution is 5.21. The molecule has 0 radical (unpaired) electrons. The lowest BCUT2D eigenvalue weighted by atomic mass is 9.93. The first-order chi connectivity index (χ1) is 8.20. The third-order valence-corrected chi connectivity index (χ3v) is 3.11. The molecule has 0 aromatic carbocycles. The fraction of sp³-hybridized carbons (Fsp3) is 0.643. The molecule has 17 heavy (non-hydrogen) atoms. The van der Waals surface area contributed by atoms with Crippen molar-refractivity contribution < 1.29 is 4.74 Å². The summed E-state index contributed by atoms with van der Waals surface area (Å²) in [5.41, 5.74) is 2.42. The van der Waals surface area contributed by atoms with Gasteiger partial charge in [0.25, 0.3) is 0 Å². The molecule has 1 rings (SSSR count). The Balaban J connectivity index is 2.81. The number of methoxy groups -OCH3 is 1. The van der Waals surface area contributed by atoms with Crippen molar-refractivity contribution in [2.24, 2.45) is 5.92 Å². The van der Waals surface area contributed by atoms with E-state index < -0.39 is 0 Å². The molecular formula is C14H24N2O. The standard InChI is InChI=1S/C14H24N2O/c1-5-15-13(12(3)8-10-17-4)14-11(2)7-6-9-16-14/h6-7,9,12-13,15H,5,8,10H2,1-4H3. The van der Waals surface area contributed by atoms with Crippen LogP contribution in [0.1, 0.15) is 37.6 Å². The molecule has 0 spiro atoms. The topological polar surface area (TPSA) is 34.2 Å². The maximum absolute atomic E-state index is 5.16. The minimum atomic E-state index is 0.316. The molecule has 3 nitrogen and oxygen atoms in total. The van der Waals surface area contributed by atoms with Crippen molar-refractivity contribution in [2.45, 2.75) is 33.2 Å². The van der Waals surface area contributed by atoms with Crippen molar-refractivity contribution >= 4 is 0 Å². The summed E-state index contributed by atoms with van der Waals surface area (Å²) < 4.78 is 5.16. The van der Waals surface area contributed by atoms with E-state index in [1.54, 1.807) is 7.11 Å². The highest BCUT2D eigenvalue weighted by Gasteiger charge is 2.20. The van der Waals surface area contributed by atoms with E-state index in [1.807, 2.05) is 12.3 Å². The number of aryl methyl sites for hydroxylation is 1. The molecule has 0 aliphatic heterocycles. The third kappa shape index (κ3) is 4.10. The quantitative estimate of drug-likeness (QED) is 0.790. The van der Waals surface area contributed by atoms with E-state index in [9.17, 15) is 0 Å². The summed E-state index contributed by atoms with van der Waals surface area (Å²) in [6, 6.07) is 4.42. The maximum Gasteiger partial charge on any atom is 0.0604 e. The minimum Gasteiger partial charge on any atom is -0.385 e.